The van der Waals surface area contributed by atoms with Crippen LogP contribution in [0.2, 0.25) is 5.02 Å². The predicted octanol–water partition coefficient (Wildman–Crippen LogP) is 3.10. The number of halogens is 1. The van der Waals surface area contributed by atoms with Crippen LogP contribution in [0.15, 0.2) is 54.2 Å². The van der Waals surface area contributed by atoms with Gasteiger partial charge in [0.15, 0.2) is 0 Å². The predicted molar refractivity (Wildman–Crippen MR) is 127 cm³/mol. The van der Waals surface area contributed by atoms with Crippen molar-refractivity contribution in [2.45, 2.75) is 12.8 Å². The maximum Gasteiger partial charge on any atom is 0.237 e. The summed E-state index contributed by atoms with van der Waals surface area (Å²) in [5.74, 6) is 0.307. The molecular weight excluding hydrogens is 448 g/mol. The molecule has 9 heteroatoms. The molecule has 0 bridgehead atoms. The third-order valence-electron chi connectivity index (χ3n) is 6.07. The number of benzene rings is 1. The molecule has 3 heterocycles. The van der Waals surface area contributed by atoms with Crippen LogP contribution in [0.4, 0.5) is 5.69 Å². The number of piperidine rings is 1. The molecule has 0 saturated carbocycles. The summed E-state index contributed by atoms with van der Waals surface area (Å²) in [6, 6.07) is 10.9. The molecule has 170 valence electrons. The number of anilines is 1. The van der Waals surface area contributed by atoms with E-state index in [1.54, 1.807) is 36.7 Å². The van der Waals surface area contributed by atoms with Crippen LogP contribution in [0, 0.1) is 5.92 Å². The molecule has 0 spiro atoms. The Labute approximate surface area is 194 Å². The second kappa shape index (κ2) is 10.0. The number of rotatable bonds is 6. The fraction of sp³-hybridized carbons (Fsp3) is 0.391. The normalized spacial score (nSPS) is 19.1. The van der Waals surface area contributed by atoms with Crippen LogP contribution in [0.1, 0.15) is 18.4 Å². The molecule has 1 aromatic heterocycles. The number of nitrogens with zero attached hydrogens (tertiary/aromatic N) is 4. The van der Waals surface area contributed by atoms with Crippen molar-refractivity contribution < 1.29 is 13.2 Å². The number of amides is 1. The number of hydrogen-bond acceptors (Lipinski definition) is 5. The Morgan fingerprint density at radius 2 is 1.69 bits per heavy atom. The van der Waals surface area contributed by atoms with Crippen molar-refractivity contribution in [3.05, 3.63) is 64.8 Å². The molecule has 2 aliphatic heterocycles. The van der Waals surface area contributed by atoms with Crippen LogP contribution in [0.25, 0.3) is 6.08 Å². The van der Waals surface area contributed by atoms with Crippen molar-refractivity contribution in [1.82, 2.24) is 14.2 Å². The van der Waals surface area contributed by atoms with E-state index < -0.39 is 10.0 Å². The molecule has 0 unspecified atom stereocenters. The van der Waals surface area contributed by atoms with E-state index in [4.69, 9.17) is 11.6 Å². The van der Waals surface area contributed by atoms with Crippen molar-refractivity contribution >= 4 is 39.3 Å². The lowest BCUT2D eigenvalue weighted by molar-refractivity contribution is -0.134. The molecule has 2 saturated heterocycles. The van der Waals surface area contributed by atoms with E-state index >= 15 is 0 Å². The Morgan fingerprint density at radius 3 is 2.34 bits per heavy atom. The summed E-state index contributed by atoms with van der Waals surface area (Å²) in [6.07, 6.45) is 7.16. The zero-order valence-electron chi connectivity index (χ0n) is 17.8. The van der Waals surface area contributed by atoms with E-state index in [2.05, 4.69) is 9.88 Å². The molecule has 2 fully saturated rings. The van der Waals surface area contributed by atoms with E-state index in [0.29, 0.717) is 30.6 Å². The SMILES string of the molecule is O=C1CN(S(=O)(=O)/C=C/c2ccc(Cl)cc2)CCN1CC1CCN(c2ccncc2)CC1. The maximum atomic E-state index is 12.7. The van der Waals surface area contributed by atoms with Crippen LogP contribution >= 0.6 is 11.6 Å². The minimum absolute atomic E-state index is 0.108. The Hall–Kier alpha value is -2.42. The zero-order chi connectivity index (χ0) is 22.6. The molecule has 32 heavy (non-hydrogen) atoms. The standard InChI is InChI=1S/C23H27ClN4O3S/c24-21-3-1-19(2-4-21)9-16-32(30,31)28-15-14-27(23(29)18-28)17-20-7-12-26(13-8-20)22-5-10-25-11-6-22/h1-6,9-11,16,20H,7-8,12-15,17-18H2/b16-9+. The summed E-state index contributed by atoms with van der Waals surface area (Å²) in [5, 5.41) is 1.75. The lowest BCUT2D eigenvalue weighted by Gasteiger charge is -2.38. The van der Waals surface area contributed by atoms with Crippen LogP contribution in [0.5, 0.6) is 0 Å². The third kappa shape index (κ3) is 5.68. The molecule has 2 aliphatic rings. The minimum atomic E-state index is -3.66. The Bertz CT molecular complexity index is 1050. The van der Waals surface area contributed by atoms with Crippen molar-refractivity contribution in [2.24, 2.45) is 5.92 Å². The van der Waals surface area contributed by atoms with E-state index in [-0.39, 0.29) is 12.5 Å². The molecule has 0 N–H and O–H groups in total. The van der Waals surface area contributed by atoms with Gasteiger partial charge >= 0.3 is 0 Å². The second-order valence-corrected chi connectivity index (χ2v) is 10.5. The lowest BCUT2D eigenvalue weighted by atomic mass is 9.95. The lowest BCUT2D eigenvalue weighted by Crippen LogP contribution is -2.53. The van der Waals surface area contributed by atoms with Gasteiger partial charge in [-0.05, 0) is 54.7 Å². The largest absolute Gasteiger partial charge is 0.371 e. The van der Waals surface area contributed by atoms with Crippen molar-refractivity contribution in [3.8, 4) is 0 Å². The smallest absolute Gasteiger partial charge is 0.237 e. The highest BCUT2D eigenvalue weighted by Gasteiger charge is 2.32. The maximum absolute atomic E-state index is 12.7. The van der Waals surface area contributed by atoms with E-state index in [1.165, 1.54) is 16.1 Å². The van der Waals surface area contributed by atoms with Crippen molar-refractivity contribution in [3.63, 3.8) is 0 Å². The molecule has 0 atom stereocenters. The molecule has 1 aromatic carbocycles. The Kier molecular flexibility index (Phi) is 7.13. The van der Waals surface area contributed by atoms with Gasteiger partial charge in [-0.2, -0.15) is 4.31 Å². The summed E-state index contributed by atoms with van der Waals surface area (Å²) in [7, 11) is -3.66. The molecular formula is C23H27ClN4O3S. The van der Waals surface area contributed by atoms with E-state index in [1.807, 2.05) is 17.0 Å². The van der Waals surface area contributed by atoms with Crippen LogP contribution < -0.4 is 4.90 Å². The summed E-state index contributed by atoms with van der Waals surface area (Å²) >= 11 is 5.86. The Balaban J connectivity index is 1.28. The molecule has 2 aromatic rings. The molecule has 4 rings (SSSR count). The van der Waals surface area contributed by atoms with Gasteiger partial charge in [0.2, 0.25) is 15.9 Å². The average molecular weight is 475 g/mol. The highest BCUT2D eigenvalue weighted by molar-refractivity contribution is 7.92. The van der Waals surface area contributed by atoms with Gasteiger partial charge in [0.25, 0.3) is 0 Å². The van der Waals surface area contributed by atoms with Gasteiger partial charge < -0.3 is 9.80 Å². The van der Waals surface area contributed by atoms with Crippen molar-refractivity contribution in [1.29, 1.82) is 0 Å². The summed E-state index contributed by atoms with van der Waals surface area (Å²) in [6.45, 7) is 3.23. The van der Waals surface area contributed by atoms with Gasteiger partial charge in [0.1, 0.15) is 0 Å². The molecule has 0 radical (unpaired) electrons. The van der Waals surface area contributed by atoms with Gasteiger partial charge in [0, 0.05) is 61.2 Å². The quantitative estimate of drug-likeness (QED) is 0.643. The molecule has 0 aliphatic carbocycles. The first-order valence-electron chi connectivity index (χ1n) is 10.8. The first-order chi connectivity index (χ1) is 15.4. The zero-order valence-corrected chi connectivity index (χ0v) is 19.4. The summed E-state index contributed by atoms with van der Waals surface area (Å²) < 4.78 is 26.6. The van der Waals surface area contributed by atoms with Crippen LogP contribution in [-0.4, -0.2) is 67.8 Å². The number of carbonyl (C=O) groups is 1. The van der Waals surface area contributed by atoms with E-state index in [0.717, 1.165) is 36.9 Å². The van der Waals surface area contributed by atoms with Crippen LogP contribution in [-0.2, 0) is 14.8 Å². The van der Waals surface area contributed by atoms with Crippen molar-refractivity contribution in [2.75, 3.05) is 44.2 Å². The number of aromatic nitrogens is 1. The second-order valence-electron chi connectivity index (χ2n) is 8.21. The Morgan fingerprint density at radius 1 is 1.00 bits per heavy atom. The topological polar surface area (TPSA) is 73.8 Å². The number of pyridine rings is 1. The fourth-order valence-corrected chi connectivity index (χ4v) is 5.42. The summed E-state index contributed by atoms with van der Waals surface area (Å²) in [4.78, 5) is 20.9. The fourth-order valence-electron chi connectivity index (χ4n) is 4.16. The number of carbonyl (C=O) groups excluding carboxylic acids is 1. The third-order valence-corrected chi connectivity index (χ3v) is 7.83. The minimum Gasteiger partial charge on any atom is -0.371 e. The number of hydrogen-bond donors (Lipinski definition) is 0. The van der Waals surface area contributed by atoms with Gasteiger partial charge in [-0.15, -0.1) is 0 Å². The highest BCUT2D eigenvalue weighted by Crippen LogP contribution is 2.24. The monoisotopic (exact) mass is 474 g/mol. The highest BCUT2D eigenvalue weighted by atomic mass is 35.5. The summed E-state index contributed by atoms with van der Waals surface area (Å²) in [5.41, 5.74) is 1.92. The average Bonchev–Trinajstić information content (AvgIpc) is 2.81. The first-order valence-corrected chi connectivity index (χ1v) is 12.7. The molecule has 7 nitrogen and oxygen atoms in total. The number of sulfonamides is 1. The first kappa shape index (κ1) is 22.8. The van der Waals surface area contributed by atoms with Gasteiger partial charge in [0.05, 0.1) is 6.54 Å². The van der Waals surface area contributed by atoms with E-state index in [9.17, 15) is 13.2 Å². The van der Waals surface area contributed by atoms with Gasteiger partial charge in [-0.1, -0.05) is 23.7 Å². The van der Waals surface area contributed by atoms with Gasteiger partial charge in [-0.3, -0.25) is 9.78 Å². The van der Waals surface area contributed by atoms with Gasteiger partial charge in [-0.25, -0.2) is 8.42 Å². The van der Waals surface area contributed by atoms with Crippen LogP contribution in [0.3, 0.4) is 0 Å². The molecule has 1 amide bonds. The number of piperazine rings is 1.